The maximum absolute atomic E-state index is 13.6. The van der Waals surface area contributed by atoms with Crippen molar-refractivity contribution in [3.8, 4) is 5.69 Å². The Hall–Kier alpha value is -2.36. The molecule has 3 aromatic rings. The number of carbonyl (C=O) groups is 1. The van der Waals surface area contributed by atoms with Crippen LogP contribution in [0.5, 0.6) is 0 Å². The molecule has 3 N–H and O–H groups in total. The molecule has 1 fully saturated rings. The van der Waals surface area contributed by atoms with E-state index < -0.39 is 5.54 Å². The number of aromatic nitrogens is 2. The van der Waals surface area contributed by atoms with Crippen molar-refractivity contribution >= 4 is 40.9 Å². The van der Waals surface area contributed by atoms with E-state index in [2.05, 4.69) is 23.5 Å². The van der Waals surface area contributed by atoms with Gasteiger partial charge in [0, 0.05) is 22.1 Å². The predicted octanol–water partition coefficient (Wildman–Crippen LogP) is 5.02. The van der Waals surface area contributed by atoms with Gasteiger partial charge in [-0.3, -0.25) is 14.2 Å². The number of aryl methyl sites for hydroxylation is 1. The van der Waals surface area contributed by atoms with Crippen LogP contribution >= 0.6 is 35.0 Å². The lowest BCUT2D eigenvalue weighted by atomic mass is 9.63. The van der Waals surface area contributed by atoms with Crippen LogP contribution in [0.2, 0.25) is 10.0 Å². The molecule has 5 rings (SSSR count). The summed E-state index contributed by atoms with van der Waals surface area (Å²) in [6, 6.07) is 13.1. The molecule has 39 heavy (non-hydrogen) atoms. The Morgan fingerprint density at radius 3 is 2.69 bits per heavy atom. The fourth-order valence-electron chi connectivity index (χ4n) is 6.09. The van der Waals surface area contributed by atoms with Crippen LogP contribution in [0.3, 0.4) is 0 Å². The molecule has 0 amide bonds. The van der Waals surface area contributed by atoms with Crippen LogP contribution in [0.15, 0.2) is 52.2 Å². The number of benzene rings is 2. The molecule has 1 spiro atoms. The smallest absolute Gasteiger partial charge is 0.306 e. The summed E-state index contributed by atoms with van der Waals surface area (Å²) >= 11 is 14.3. The minimum absolute atomic E-state index is 0.201. The maximum atomic E-state index is 13.6. The number of fused-ring (bicyclic) bond motifs is 1. The third-order valence-corrected chi connectivity index (χ3v) is 9.78. The maximum Gasteiger partial charge on any atom is 0.306 e. The molecule has 2 heterocycles. The number of hydrogen-bond donors (Lipinski definition) is 2. The molecule has 2 aliphatic rings. The zero-order chi connectivity index (χ0) is 27.8. The SMILES string of the molecule is CCOC(=O)CCSc1ccc2c(c1)[C@](N)(c1cc(=O)n(-c3cccc(Cl)c3Cl)c(C)n1)C1(CCNCC1)C2. The third-order valence-electron chi connectivity index (χ3n) is 7.98. The van der Waals surface area contributed by atoms with E-state index in [9.17, 15) is 9.59 Å². The molecule has 0 saturated carbocycles. The monoisotopic (exact) mass is 586 g/mol. The molecule has 1 atom stereocenters. The van der Waals surface area contributed by atoms with E-state index >= 15 is 0 Å². The van der Waals surface area contributed by atoms with Gasteiger partial charge < -0.3 is 15.8 Å². The average Bonchev–Trinajstić information content (AvgIpc) is 3.14. The first-order valence-electron chi connectivity index (χ1n) is 13.2. The number of rotatable bonds is 7. The van der Waals surface area contributed by atoms with Crippen LogP contribution in [0, 0.1) is 12.3 Å². The number of ether oxygens (including phenoxy) is 1. The van der Waals surface area contributed by atoms with E-state index in [0.29, 0.717) is 46.0 Å². The molecule has 1 aromatic heterocycles. The van der Waals surface area contributed by atoms with Gasteiger partial charge in [-0.05, 0) is 81.6 Å². The summed E-state index contributed by atoms with van der Waals surface area (Å²) in [5, 5.41) is 4.13. The van der Waals surface area contributed by atoms with Crippen molar-refractivity contribution < 1.29 is 9.53 Å². The number of hydrogen-bond acceptors (Lipinski definition) is 7. The Kier molecular flexibility index (Phi) is 8.13. The number of nitrogens with two attached hydrogens (primary N) is 1. The van der Waals surface area contributed by atoms with E-state index in [1.807, 2.05) is 0 Å². The van der Waals surface area contributed by atoms with E-state index in [0.717, 1.165) is 42.8 Å². The van der Waals surface area contributed by atoms with Crippen LogP contribution in [0.1, 0.15) is 48.8 Å². The van der Waals surface area contributed by atoms with Gasteiger partial charge in [-0.25, -0.2) is 4.98 Å². The first-order valence-corrected chi connectivity index (χ1v) is 14.9. The van der Waals surface area contributed by atoms with E-state index in [1.54, 1.807) is 49.9 Å². The van der Waals surface area contributed by atoms with Crippen LogP contribution in [-0.4, -0.2) is 41.0 Å². The summed E-state index contributed by atoms with van der Waals surface area (Å²) in [6.07, 6.45) is 2.89. The van der Waals surface area contributed by atoms with Crippen molar-refractivity contribution in [2.75, 3.05) is 25.4 Å². The molecule has 206 valence electrons. The first kappa shape index (κ1) is 28.2. The van der Waals surface area contributed by atoms with Gasteiger partial charge in [0.1, 0.15) is 5.82 Å². The van der Waals surface area contributed by atoms with Crippen LogP contribution in [0.25, 0.3) is 5.69 Å². The molecule has 0 radical (unpaired) electrons. The second-order valence-electron chi connectivity index (χ2n) is 10.2. The van der Waals surface area contributed by atoms with Gasteiger partial charge in [-0.2, -0.15) is 0 Å². The fourth-order valence-corrected chi connectivity index (χ4v) is 7.34. The van der Waals surface area contributed by atoms with Crippen molar-refractivity contribution in [3.63, 3.8) is 0 Å². The van der Waals surface area contributed by atoms with Crippen molar-refractivity contribution in [3.05, 3.63) is 85.5 Å². The lowest BCUT2D eigenvalue weighted by Gasteiger charge is -2.46. The second-order valence-corrected chi connectivity index (χ2v) is 12.1. The Bertz CT molecular complexity index is 1470. The number of carbonyl (C=O) groups excluding carboxylic acids is 1. The molecule has 0 bridgehead atoms. The number of thioether (sulfide) groups is 1. The van der Waals surface area contributed by atoms with Crippen LogP contribution in [-0.2, 0) is 21.5 Å². The van der Waals surface area contributed by atoms with E-state index in [4.69, 9.17) is 38.7 Å². The standard InChI is InChI=1S/C29H32Cl2N4O3S/c1-3-38-26(37)9-14-39-20-8-7-19-17-28(10-12-33-13-11-28)29(32,21(19)15-20)24-16-25(36)35(18(2)34-24)23-6-4-5-22(30)27(23)31/h4-8,15-16,33H,3,9-14,17,32H2,1-2H3/t29-/m0/s1. The van der Waals surface area contributed by atoms with Crippen molar-refractivity contribution in [1.82, 2.24) is 14.9 Å². The Labute approximate surface area is 242 Å². The quantitative estimate of drug-likeness (QED) is 0.296. The van der Waals surface area contributed by atoms with Gasteiger partial charge >= 0.3 is 5.97 Å². The minimum atomic E-state index is -0.955. The van der Waals surface area contributed by atoms with Gasteiger partial charge in [0.25, 0.3) is 5.56 Å². The number of nitrogens with one attached hydrogen (secondary N) is 1. The van der Waals surface area contributed by atoms with E-state index in [1.165, 1.54) is 10.1 Å². The van der Waals surface area contributed by atoms with Crippen LogP contribution < -0.4 is 16.6 Å². The van der Waals surface area contributed by atoms with Gasteiger partial charge in [0.2, 0.25) is 0 Å². The summed E-state index contributed by atoms with van der Waals surface area (Å²) in [5.74, 6) is 0.898. The molecule has 1 aliphatic heterocycles. The molecule has 10 heteroatoms. The lowest BCUT2D eigenvalue weighted by Crippen LogP contribution is -2.56. The number of halogens is 2. The fraction of sp³-hybridized carbons (Fsp3) is 0.414. The Morgan fingerprint density at radius 2 is 1.97 bits per heavy atom. The van der Waals surface area contributed by atoms with Gasteiger partial charge in [-0.15, -0.1) is 11.8 Å². The highest BCUT2D eigenvalue weighted by molar-refractivity contribution is 7.99. The summed E-state index contributed by atoms with van der Waals surface area (Å²) in [5.41, 5.74) is 9.23. The highest BCUT2D eigenvalue weighted by Gasteiger charge is 2.57. The largest absolute Gasteiger partial charge is 0.466 e. The summed E-state index contributed by atoms with van der Waals surface area (Å²) in [4.78, 5) is 31.5. The lowest BCUT2D eigenvalue weighted by molar-refractivity contribution is -0.142. The zero-order valence-corrected chi connectivity index (χ0v) is 24.4. The molecular weight excluding hydrogens is 555 g/mol. The molecule has 1 aliphatic carbocycles. The molecular formula is C29H32Cl2N4O3S. The van der Waals surface area contributed by atoms with Gasteiger partial charge in [0.05, 0.1) is 40.0 Å². The third kappa shape index (κ3) is 5.02. The average molecular weight is 588 g/mol. The molecule has 2 aromatic carbocycles. The topological polar surface area (TPSA) is 99.2 Å². The second kappa shape index (κ2) is 11.3. The molecule has 0 unspecified atom stereocenters. The number of esters is 1. The highest BCUT2D eigenvalue weighted by atomic mass is 35.5. The van der Waals surface area contributed by atoms with Crippen molar-refractivity contribution in [2.24, 2.45) is 11.1 Å². The summed E-state index contributed by atoms with van der Waals surface area (Å²) in [6.45, 7) is 5.67. The Morgan fingerprint density at radius 1 is 1.21 bits per heavy atom. The molecule has 1 saturated heterocycles. The van der Waals surface area contributed by atoms with E-state index in [-0.39, 0.29) is 16.9 Å². The zero-order valence-electron chi connectivity index (χ0n) is 22.1. The highest BCUT2D eigenvalue weighted by Crippen LogP contribution is 2.56. The summed E-state index contributed by atoms with van der Waals surface area (Å²) in [7, 11) is 0. The van der Waals surface area contributed by atoms with Crippen molar-refractivity contribution in [1.29, 1.82) is 0 Å². The Balaban J connectivity index is 1.58. The van der Waals surface area contributed by atoms with Gasteiger partial charge in [0.15, 0.2) is 0 Å². The minimum Gasteiger partial charge on any atom is -0.466 e. The predicted molar refractivity (Wildman–Crippen MR) is 156 cm³/mol. The van der Waals surface area contributed by atoms with Crippen LogP contribution in [0.4, 0.5) is 0 Å². The number of piperidine rings is 1. The summed E-state index contributed by atoms with van der Waals surface area (Å²) < 4.78 is 6.54. The normalized spacial score (nSPS) is 19.7. The number of nitrogens with zero attached hydrogens (tertiary/aromatic N) is 2. The molecule has 7 nitrogen and oxygen atoms in total. The van der Waals surface area contributed by atoms with Gasteiger partial charge in [-0.1, -0.05) is 35.3 Å². The van der Waals surface area contributed by atoms with Crippen molar-refractivity contribution in [2.45, 2.75) is 50.0 Å². The first-order chi connectivity index (χ1) is 18.7.